The van der Waals surface area contributed by atoms with Crippen molar-refractivity contribution >= 4 is 5.97 Å². The van der Waals surface area contributed by atoms with E-state index in [9.17, 15) is 4.79 Å². The molecule has 10 heteroatoms. The lowest BCUT2D eigenvalue weighted by Crippen LogP contribution is -2.14. The van der Waals surface area contributed by atoms with Crippen molar-refractivity contribution in [2.45, 2.75) is 38.5 Å². The van der Waals surface area contributed by atoms with Crippen LogP contribution in [0, 0.1) is 6.92 Å². The maximum Gasteiger partial charge on any atom is 0.306 e. The van der Waals surface area contributed by atoms with E-state index in [0.717, 1.165) is 42.1 Å². The van der Waals surface area contributed by atoms with Crippen LogP contribution in [-0.2, 0) is 25.4 Å². The molecule has 0 radical (unpaired) electrons. The molecule has 3 rings (SSSR count). The molecule has 0 bridgehead atoms. The van der Waals surface area contributed by atoms with Gasteiger partial charge < -0.3 is 28.4 Å². The van der Waals surface area contributed by atoms with Crippen molar-refractivity contribution in [3.05, 3.63) is 63.5 Å². The molecule has 10 nitrogen and oxygen atoms in total. The topological polar surface area (TPSA) is 121 Å². The average Bonchev–Trinajstić information content (AvgIpc) is 3.31. The van der Waals surface area contributed by atoms with E-state index in [1.807, 2.05) is 31.2 Å². The fourth-order valence-corrected chi connectivity index (χ4v) is 4.26. The number of carbonyl (C=O) groups excluding carboxylic acids is 1. The fraction of sp³-hybridized carbons (Fsp3) is 0.536. The number of methoxy groups -OCH3 is 1. The summed E-state index contributed by atoms with van der Waals surface area (Å²) in [4.78, 5) is 14.9. The lowest BCUT2D eigenvalue weighted by molar-refractivity contribution is -0.145. The van der Waals surface area contributed by atoms with Gasteiger partial charge in [0.2, 0.25) is 0 Å². The Kier molecular flexibility index (Phi) is 12.6. The van der Waals surface area contributed by atoms with Crippen LogP contribution in [0.25, 0.3) is 10.4 Å². The van der Waals surface area contributed by atoms with Crippen LogP contribution in [0.4, 0.5) is 0 Å². The van der Waals surface area contributed by atoms with Crippen molar-refractivity contribution in [2.24, 2.45) is 5.11 Å². The molecule has 206 valence electrons. The summed E-state index contributed by atoms with van der Waals surface area (Å²) in [6.45, 7) is 5.08. The molecule has 38 heavy (non-hydrogen) atoms. The maximum absolute atomic E-state index is 12.3. The van der Waals surface area contributed by atoms with Gasteiger partial charge >= 0.3 is 5.97 Å². The fourth-order valence-electron chi connectivity index (χ4n) is 4.26. The van der Waals surface area contributed by atoms with Gasteiger partial charge in [-0.05, 0) is 72.2 Å². The van der Waals surface area contributed by atoms with Gasteiger partial charge in [-0.2, -0.15) is 0 Å². The van der Waals surface area contributed by atoms with Gasteiger partial charge in [0, 0.05) is 17.9 Å². The summed E-state index contributed by atoms with van der Waals surface area (Å²) in [6.07, 6.45) is 2.94. The first-order chi connectivity index (χ1) is 18.6. The second kappa shape index (κ2) is 16.4. The van der Waals surface area contributed by atoms with Crippen LogP contribution in [0.3, 0.4) is 0 Å². The summed E-state index contributed by atoms with van der Waals surface area (Å²) in [5.74, 6) is 2.24. The number of carbonyl (C=O) groups is 1. The standard InChI is InChI=1S/C28H37N3O7/c1-21-4-9-26(27(18-21)33-2)37-12-3-11-36-24-7-8-25-22(19-24)5-6-23(25)20-28(32)38-17-16-35-15-14-34-13-10-30-31-29/h4,7-9,18-19,23H,3,5-6,10-17,20H2,1-2H3/t23-/m0/s1. The average molecular weight is 528 g/mol. The van der Waals surface area contributed by atoms with Crippen molar-refractivity contribution in [3.8, 4) is 17.2 Å². The molecule has 0 fully saturated rings. The molecule has 0 spiro atoms. The third-order valence-electron chi connectivity index (χ3n) is 6.13. The minimum atomic E-state index is -0.220. The SMILES string of the molecule is COc1cc(C)ccc1OCCCOc1ccc2c(c1)CC[C@H]2CC(=O)OCCOCCOCCN=[N+]=[N-]. The quantitative estimate of drug-likeness (QED) is 0.0863. The number of esters is 1. The molecule has 0 heterocycles. The van der Waals surface area contributed by atoms with Crippen molar-refractivity contribution < 1.29 is 33.2 Å². The summed E-state index contributed by atoms with van der Waals surface area (Å²) in [6, 6.07) is 12.0. The van der Waals surface area contributed by atoms with Crippen molar-refractivity contribution in [1.82, 2.24) is 0 Å². The van der Waals surface area contributed by atoms with Crippen LogP contribution in [0.2, 0.25) is 0 Å². The molecule has 0 aliphatic heterocycles. The van der Waals surface area contributed by atoms with Crippen molar-refractivity contribution in [1.29, 1.82) is 0 Å². The van der Waals surface area contributed by atoms with E-state index in [1.165, 1.54) is 11.1 Å². The number of nitrogens with zero attached hydrogens (tertiary/aromatic N) is 3. The van der Waals surface area contributed by atoms with Gasteiger partial charge in [-0.25, -0.2) is 0 Å². The highest BCUT2D eigenvalue weighted by atomic mass is 16.6. The van der Waals surface area contributed by atoms with Crippen molar-refractivity contribution in [3.63, 3.8) is 0 Å². The molecular formula is C28H37N3O7. The Labute approximate surface area is 223 Å². The smallest absolute Gasteiger partial charge is 0.306 e. The Balaban J connectivity index is 1.29. The molecule has 0 N–H and O–H groups in total. The van der Waals surface area contributed by atoms with E-state index in [4.69, 9.17) is 34.0 Å². The Morgan fingerprint density at radius 2 is 1.76 bits per heavy atom. The van der Waals surface area contributed by atoms with Crippen LogP contribution < -0.4 is 14.2 Å². The Morgan fingerprint density at radius 3 is 2.58 bits per heavy atom. The number of aryl methyl sites for hydroxylation is 2. The molecule has 2 aromatic carbocycles. The highest BCUT2D eigenvalue weighted by Crippen LogP contribution is 2.37. The first-order valence-electron chi connectivity index (χ1n) is 13.0. The summed E-state index contributed by atoms with van der Waals surface area (Å²) in [5.41, 5.74) is 11.7. The molecule has 2 aromatic rings. The number of hydrogen-bond acceptors (Lipinski definition) is 8. The number of hydrogen-bond donors (Lipinski definition) is 0. The predicted octanol–water partition coefficient (Wildman–Crippen LogP) is 5.16. The van der Waals surface area contributed by atoms with Crippen LogP contribution in [0.1, 0.15) is 41.9 Å². The minimum absolute atomic E-state index is 0.162. The summed E-state index contributed by atoms with van der Waals surface area (Å²) < 4.78 is 33.1. The Hall–Kier alpha value is -3.46. The van der Waals surface area contributed by atoms with Gasteiger partial charge in [0.25, 0.3) is 0 Å². The lowest BCUT2D eigenvalue weighted by atomic mass is 9.98. The maximum atomic E-state index is 12.3. The molecule has 1 atom stereocenters. The zero-order valence-corrected chi connectivity index (χ0v) is 22.2. The van der Waals surface area contributed by atoms with Gasteiger partial charge in [0.1, 0.15) is 12.4 Å². The predicted molar refractivity (Wildman–Crippen MR) is 142 cm³/mol. The van der Waals surface area contributed by atoms with Crippen LogP contribution in [0.5, 0.6) is 17.2 Å². The highest BCUT2D eigenvalue weighted by molar-refractivity contribution is 5.71. The third kappa shape index (κ3) is 9.78. The molecule has 0 amide bonds. The minimum Gasteiger partial charge on any atom is -0.493 e. The monoisotopic (exact) mass is 527 g/mol. The zero-order valence-electron chi connectivity index (χ0n) is 22.2. The van der Waals surface area contributed by atoms with E-state index in [2.05, 4.69) is 22.2 Å². The Morgan fingerprint density at radius 1 is 0.974 bits per heavy atom. The van der Waals surface area contributed by atoms with Gasteiger partial charge in [0.15, 0.2) is 11.5 Å². The first-order valence-corrected chi connectivity index (χ1v) is 13.0. The Bertz CT molecular complexity index is 1070. The first kappa shape index (κ1) is 29.1. The molecular weight excluding hydrogens is 490 g/mol. The zero-order chi connectivity index (χ0) is 27.0. The number of benzene rings is 2. The second-order valence-corrected chi connectivity index (χ2v) is 8.90. The van der Waals surface area contributed by atoms with E-state index < -0.39 is 0 Å². The third-order valence-corrected chi connectivity index (χ3v) is 6.13. The van der Waals surface area contributed by atoms with E-state index in [0.29, 0.717) is 52.6 Å². The molecule has 0 unspecified atom stereocenters. The molecule has 0 aromatic heterocycles. The van der Waals surface area contributed by atoms with E-state index in [1.54, 1.807) is 7.11 Å². The van der Waals surface area contributed by atoms with Crippen LogP contribution >= 0.6 is 0 Å². The number of rotatable bonds is 18. The number of ether oxygens (including phenoxy) is 6. The number of fused-ring (bicyclic) bond motifs is 1. The number of azide groups is 1. The largest absolute Gasteiger partial charge is 0.493 e. The molecule has 1 aliphatic rings. The molecule has 0 saturated carbocycles. The highest BCUT2D eigenvalue weighted by Gasteiger charge is 2.25. The van der Waals surface area contributed by atoms with Gasteiger partial charge in [-0.15, -0.1) is 0 Å². The molecule has 1 aliphatic carbocycles. The molecule has 0 saturated heterocycles. The van der Waals surface area contributed by atoms with Gasteiger partial charge in [-0.3, -0.25) is 4.79 Å². The van der Waals surface area contributed by atoms with E-state index in [-0.39, 0.29) is 18.5 Å². The van der Waals surface area contributed by atoms with Crippen molar-refractivity contribution in [2.75, 3.05) is 59.9 Å². The van der Waals surface area contributed by atoms with Crippen LogP contribution in [0.15, 0.2) is 41.5 Å². The second-order valence-electron chi connectivity index (χ2n) is 8.90. The summed E-state index contributed by atoms with van der Waals surface area (Å²) >= 11 is 0. The normalized spacial score (nSPS) is 13.9. The summed E-state index contributed by atoms with van der Waals surface area (Å²) in [5, 5.41) is 3.38. The summed E-state index contributed by atoms with van der Waals surface area (Å²) in [7, 11) is 1.64. The van der Waals surface area contributed by atoms with Gasteiger partial charge in [0.05, 0.1) is 53.2 Å². The van der Waals surface area contributed by atoms with E-state index >= 15 is 0 Å². The van der Waals surface area contributed by atoms with Gasteiger partial charge in [-0.1, -0.05) is 17.2 Å². The van der Waals surface area contributed by atoms with Crippen LogP contribution in [-0.4, -0.2) is 65.9 Å². The lowest BCUT2D eigenvalue weighted by Gasteiger charge is -2.13.